The van der Waals surface area contributed by atoms with Gasteiger partial charge in [0.15, 0.2) is 5.43 Å². The van der Waals surface area contributed by atoms with Crippen molar-refractivity contribution in [3.63, 3.8) is 0 Å². The van der Waals surface area contributed by atoms with E-state index in [1.165, 1.54) is 18.4 Å². The zero-order chi connectivity index (χ0) is 15.4. The molecule has 1 heterocycles. The summed E-state index contributed by atoms with van der Waals surface area (Å²) >= 11 is 3.35. The zero-order valence-electron chi connectivity index (χ0n) is 11.8. The monoisotopic (exact) mass is 346 g/mol. The highest BCUT2D eigenvalue weighted by molar-refractivity contribution is 9.10. The van der Waals surface area contributed by atoms with Crippen molar-refractivity contribution in [2.24, 2.45) is 0 Å². The van der Waals surface area contributed by atoms with Gasteiger partial charge in [-0.1, -0.05) is 41.9 Å². The predicted molar refractivity (Wildman–Crippen MR) is 88.6 cm³/mol. The van der Waals surface area contributed by atoms with E-state index in [1.54, 1.807) is 6.07 Å². The SMILES string of the molecule is CC.O=c1c(-c2ccc(Br)cc2)coc2cc(O)ccc12. The van der Waals surface area contributed by atoms with Crippen LogP contribution in [0.4, 0.5) is 0 Å². The highest BCUT2D eigenvalue weighted by Crippen LogP contribution is 2.23. The predicted octanol–water partition coefficient (Wildman–Crippen LogP) is 4.95. The van der Waals surface area contributed by atoms with Gasteiger partial charge in [0.2, 0.25) is 0 Å². The molecule has 2 aromatic carbocycles. The van der Waals surface area contributed by atoms with Gasteiger partial charge in [-0.3, -0.25) is 4.79 Å². The van der Waals surface area contributed by atoms with Crippen LogP contribution in [0.15, 0.2) is 62.4 Å². The van der Waals surface area contributed by atoms with Crippen molar-refractivity contribution in [3.05, 3.63) is 63.4 Å². The Kier molecular flexibility index (Phi) is 4.81. The van der Waals surface area contributed by atoms with Crippen molar-refractivity contribution in [3.8, 4) is 16.9 Å². The fourth-order valence-corrected chi connectivity index (χ4v) is 2.21. The first-order valence-corrected chi connectivity index (χ1v) is 7.45. The lowest BCUT2D eigenvalue weighted by Gasteiger charge is -2.03. The fraction of sp³-hybridized carbons (Fsp3) is 0.118. The lowest BCUT2D eigenvalue weighted by atomic mass is 10.1. The number of fused-ring (bicyclic) bond motifs is 1. The van der Waals surface area contributed by atoms with E-state index in [4.69, 9.17) is 4.42 Å². The first-order valence-electron chi connectivity index (χ1n) is 6.65. The minimum Gasteiger partial charge on any atom is -0.508 e. The molecular weight excluding hydrogens is 332 g/mol. The number of rotatable bonds is 1. The van der Waals surface area contributed by atoms with Crippen LogP contribution < -0.4 is 5.43 Å². The van der Waals surface area contributed by atoms with Crippen LogP contribution in [0.3, 0.4) is 0 Å². The maximum atomic E-state index is 12.4. The molecule has 3 rings (SSSR count). The molecule has 0 saturated carbocycles. The third kappa shape index (κ3) is 3.16. The molecule has 0 spiro atoms. The van der Waals surface area contributed by atoms with Crippen molar-refractivity contribution in [2.45, 2.75) is 13.8 Å². The Labute approximate surface area is 131 Å². The Morgan fingerprint density at radius 1 is 1.05 bits per heavy atom. The summed E-state index contributed by atoms with van der Waals surface area (Å²) in [5, 5.41) is 9.83. The molecule has 0 atom stereocenters. The molecule has 0 radical (unpaired) electrons. The maximum Gasteiger partial charge on any atom is 0.200 e. The number of hydrogen-bond donors (Lipinski definition) is 1. The van der Waals surface area contributed by atoms with Gasteiger partial charge in [-0.2, -0.15) is 0 Å². The van der Waals surface area contributed by atoms with Crippen LogP contribution in [-0.2, 0) is 0 Å². The van der Waals surface area contributed by atoms with Gasteiger partial charge in [-0.15, -0.1) is 0 Å². The number of phenols is 1. The number of halogens is 1. The minimum absolute atomic E-state index is 0.0760. The summed E-state index contributed by atoms with van der Waals surface area (Å²) in [6, 6.07) is 11.9. The summed E-state index contributed by atoms with van der Waals surface area (Å²) in [5.74, 6) is 0.0760. The van der Waals surface area contributed by atoms with Crippen LogP contribution in [0, 0.1) is 0 Å². The Balaban J connectivity index is 0.000000774. The molecule has 108 valence electrons. The summed E-state index contributed by atoms with van der Waals surface area (Å²) in [6.07, 6.45) is 1.42. The molecule has 3 nitrogen and oxygen atoms in total. The second-order valence-electron chi connectivity index (χ2n) is 4.17. The molecule has 1 aromatic heterocycles. The second-order valence-corrected chi connectivity index (χ2v) is 5.08. The van der Waals surface area contributed by atoms with Gasteiger partial charge in [-0.05, 0) is 29.8 Å². The summed E-state index contributed by atoms with van der Waals surface area (Å²) < 4.78 is 6.37. The molecule has 0 amide bonds. The highest BCUT2D eigenvalue weighted by atomic mass is 79.9. The summed E-state index contributed by atoms with van der Waals surface area (Å²) in [5.41, 5.74) is 1.58. The molecule has 0 aliphatic carbocycles. The average Bonchev–Trinajstić information content (AvgIpc) is 2.51. The molecule has 0 aliphatic heterocycles. The van der Waals surface area contributed by atoms with E-state index < -0.39 is 0 Å². The Bertz CT molecular complexity index is 804. The van der Waals surface area contributed by atoms with Crippen LogP contribution in [0.5, 0.6) is 5.75 Å². The largest absolute Gasteiger partial charge is 0.508 e. The molecule has 21 heavy (non-hydrogen) atoms. The third-order valence-corrected chi connectivity index (χ3v) is 3.44. The van der Waals surface area contributed by atoms with E-state index in [9.17, 15) is 9.90 Å². The molecule has 0 bridgehead atoms. The molecule has 0 fully saturated rings. The van der Waals surface area contributed by atoms with Gasteiger partial charge in [-0.25, -0.2) is 0 Å². The van der Waals surface area contributed by atoms with Crippen molar-refractivity contribution < 1.29 is 9.52 Å². The number of benzene rings is 2. The van der Waals surface area contributed by atoms with Gasteiger partial charge >= 0.3 is 0 Å². The Hall–Kier alpha value is -2.07. The first kappa shape index (κ1) is 15.3. The van der Waals surface area contributed by atoms with Crippen molar-refractivity contribution in [2.75, 3.05) is 0 Å². The Morgan fingerprint density at radius 3 is 2.38 bits per heavy atom. The van der Waals surface area contributed by atoms with E-state index in [1.807, 2.05) is 38.1 Å². The summed E-state index contributed by atoms with van der Waals surface area (Å²) in [6.45, 7) is 4.00. The lowest BCUT2D eigenvalue weighted by molar-refractivity contribution is 0.474. The molecule has 4 heteroatoms. The van der Waals surface area contributed by atoms with Crippen LogP contribution in [-0.4, -0.2) is 5.11 Å². The van der Waals surface area contributed by atoms with Gasteiger partial charge in [0, 0.05) is 10.5 Å². The Morgan fingerprint density at radius 2 is 1.71 bits per heavy atom. The van der Waals surface area contributed by atoms with Crippen LogP contribution >= 0.6 is 15.9 Å². The smallest absolute Gasteiger partial charge is 0.200 e. The zero-order valence-corrected chi connectivity index (χ0v) is 13.3. The van der Waals surface area contributed by atoms with Gasteiger partial charge < -0.3 is 9.52 Å². The molecule has 0 unspecified atom stereocenters. The summed E-state index contributed by atoms with van der Waals surface area (Å²) in [4.78, 5) is 12.4. The molecule has 0 saturated heterocycles. The molecule has 1 N–H and O–H groups in total. The van der Waals surface area contributed by atoms with E-state index in [-0.39, 0.29) is 11.2 Å². The maximum absolute atomic E-state index is 12.4. The highest BCUT2D eigenvalue weighted by Gasteiger charge is 2.09. The van der Waals surface area contributed by atoms with Crippen LogP contribution in [0.25, 0.3) is 22.1 Å². The topological polar surface area (TPSA) is 50.4 Å². The van der Waals surface area contributed by atoms with E-state index in [0.29, 0.717) is 16.5 Å². The standard InChI is InChI=1S/C15H9BrO3.C2H6/c16-10-3-1-9(2-4-10)13-8-19-14-7-11(17)5-6-12(14)15(13)18;1-2/h1-8,17H;1-2H3. The molecule has 0 aliphatic rings. The van der Waals surface area contributed by atoms with Crippen molar-refractivity contribution in [1.29, 1.82) is 0 Å². The number of hydrogen-bond acceptors (Lipinski definition) is 3. The third-order valence-electron chi connectivity index (χ3n) is 2.91. The molecule has 3 aromatic rings. The van der Waals surface area contributed by atoms with Gasteiger partial charge in [0.1, 0.15) is 17.6 Å². The van der Waals surface area contributed by atoms with Crippen molar-refractivity contribution >= 4 is 26.9 Å². The normalized spacial score (nSPS) is 10.0. The average molecular weight is 347 g/mol. The van der Waals surface area contributed by atoms with E-state index in [2.05, 4.69) is 15.9 Å². The quantitative estimate of drug-likeness (QED) is 0.677. The van der Waals surface area contributed by atoms with Gasteiger partial charge in [0.05, 0.1) is 10.9 Å². The first-order chi connectivity index (χ1) is 10.1. The second kappa shape index (κ2) is 6.59. The molecular formula is C17H15BrO3. The summed E-state index contributed by atoms with van der Waals surface area (Å²) in [7, 11) is 0. The lowest BCUT2D eigenvalue weighted by Crippen LogP contribution is -2.04. The minimum atomic E-state index is -0.108. The van der Waals surface area contributed by atoms with Crippen LogP contribution in [0.2, 0.25) is 0 Å². The van der Waals surface area contributed by atoms with Gasteiger partial charge in [0.25, 0.3) is 0 Å². The van der Waals surface area contributed by atoms with E-state index >= 15 is 0 Å². The number of phenolic OH excluding ortho intramolecular Hbond substituents is 1. The van der Waals surface area contributed by atoms with Crippen molar-refractivity contribution in [1.82, 2.24) is 0 Å². The number of aromatic hydroxyl groups is 1. The fourth-order valence-electron chi connectivity index (χ4n) is 1.95. The van der Waals surface area contributed by atoms with E-state index in [0.717, 1.165) is 10.0 Å². The van der Waals surface area contributed by atoms with Crippen LogP contribution in [0.1, 0.15) is 13.8 Å².